The number of carbonyl (C=O) groups excluding carboxylic acids is 2. The van der Waals surface area contributed by atoms with Gasteiger partial charge in [-0.3, -0.25) is 14.8 Å². The molecule has 0 aliphatic carbocycles. The summed E-state index contributed by atoms with van der Waals surface area (Å²) in [7, 11) is 0. The highest BCUT2D eigenvalue weighted by molar-refractivity contribution is 5.97. The third kappa shape index (κ3) is 5.75. The van der Waals surface area contributed by atoms with Gasteiger partial charge < -0.3 is 14.8 Å². The lowest BCUT2D eigenvalue weighted by Gasteiger charge is -2.14. The molecule has 1 aromatic carbocycles. The van der Waals surface area contributed by atoms with E-state index < -0.39 is 17.9 Å². The van der Waals surface area contributed by atoms with Crippen LogP contribution in [0.4, 0.5) is 0 Å². The normalized spacial score (nSPS) is 10.6. The summed E-state index contributed by atoms with van der Waals surface area (Å²) in [5.74, 6) is 10.6. The predicted octanol–water partition coefficient (Wildman–Crippen LogP) is 1.19. The SMILES string of the molecule is CC[C@@H](NC(=O)c1ccc(C#CC#Cc2ccc(CO)o2)cc1)C(=O)NO. The van der Waals surface area contributed by atoms with E-state index in [1.54, 1.807) is 43.3 Å². The molecule has 1 heterocycles. The molecule has 2 aromatic rings. The molecular formula is C20H18N2O5. The molecule has 1 aromatic heterocycles. The fourth-order valence-corrected chi connectivity index (χ4v) is 2.10. The Bertz CT molecular complexity index is 923. The summed E-state index contributed by atoms with van der Waals surface area (Å²) in [4.78, 5) is 23.5. The van der Waals surface area contributed by atoms with Crippen LogP contribution < -0.4 is 10.8 Å². The minimum atomic E-state index is -0.815. The maximum absolute atomic E-state index is 12.1. The Kier molecular flexibility index (Phi) is 7.21. The monoisotopic (exact) mass is 366 g/mol. The van der Waals surface area contributed by atoms with E-state index in [9.17, 15) is 9.59 Å². The Labute approximate surface area is 156 Å². The van der Waals surface area contributed by atoms with Crippen molar-refractivity contribution in [2.75, 3.05) is 0 Å². The van der Waals surface area contributed by atoms with Gasteiger partial charge in [0.05, 0.1) is 0 Å². The Morgan fingerprint density at radius 2 is 1.81 bits per heavy atom. The first kappa shape index (κ1) is 19.8. The van der Waals surface area contributed by atoms with Crippen LogP contribution >= 0.6 is 0 Å². The minimum absolute atomic E-state index is 0.184. The summed E-state index contributed by atoms with van der Waals surface area (Å²) in [6.45, 7) is 1.53. The van der Waals surface area contributed by atoms with E-state index in [0.717, 1.165) is 0 Å². The van der Waals surface area contributed by atoms with Gasteiger partial charge in [-0.2, -0.15) is 0 Å². The number of hydrogen-bond donors (Lipinski definition) is 4. The van der Waals surface area contributed by atoms with Crippen molar-refractivity contribution < 1.29 is 24.3 Å². The van der Waals surface area contributed by atoms with E-state index in [0.29, 0.717) is 29.1 Å². The van der Waals surface area contributed by atoms with Gasteiger partial charge in [0.1, 0.15) is 18.4 Å². The number of benzene rings is 1. The van der Waals surface area contributed by atoms with Crippen molar-refractivity contribution in [1.82, 2.24) is 10.8 Å². The second kappa shape index (κ2) is 9.83. The van der Waals surface area contributed by atoms with Gasteiger partial charge in [0.25, 0.3) is 11.8 Å². The quantitative estimate of drug-likeness (QED) is 0.361. The number of aliphatic hydroxyl groups is 1. The van der Waals surface area contributed by atoms with Crippen LogP contribution in [-0.2, 0) is 11.4 Å². The van der Waals surface area contributed by atoms with Crippen LogP contribution in [0.5, 0.6) is 0 Å². The lowest BCUT2D eigenvalue weighted by molar-refractivity contribution is -0.131. The van der Waals surface area contributed by atoms with E-state index in [1.807, 2.05) is 0 Å². The Morgan fingerprint density at radius 3 is 2.41 bits per heavy atom. The Hall–Kier alpha value is -3.52. The number of rotatable bonds is 5. The number of hydrogen-bond acceptors (Lipinski definition) is 5. The van der Waals surface area contributed by atoms with Crippen LogP contribution in [0.15, 0.2) is 40.8 Å². The molecule has 4 N–H and O–H groups in total. The second-order valence-electron chi connectivity index (χ2n) is 5.41. The van der Waals surface area contributed by atoms with Gasteiger partial charge in [0, 0.05) is 11.1 Å². The molecule has 0 aliphatic heterocycles. The maximum atomic E-state index is 12.1. The molecular weight excluding hydrogens is 348 g/mol. The molecule has 27 heavy (non-hydrogen) atoms. The fraction of sp³-hybridized carbons (Fsp3) is 0.200. The van der Waals surface area contributed by atoms with Gasteiger partial charge >= 0.3 is 0 Å². The molecule has 0 saturated heterocycles. The van der Waals surface area contributed by atoms with Crippen LogP contribution in [0.25, 0.3) is 0 Å². The number of furan rings is 1. The van der Waals surface area contributed by atoms with Gasteiger partial charge in [0.15, 0.2) is 5.76 Å². The maximum Gasteiger partial charge on any atom is 0.265 e. The van der Waals surface area contributed by atoms with Gasteiger partial charge in [-0.25, -0.2) is 5.48 Å². The molecule has 2 amide bonds. The molecule has 1 atom stereocenters. The molecule has 7 heteroatoms. The lowest BCUT2D eigenvalue weighted by Crippen LogP contribution is -2.45. The van der Waals surface area contributed by atoms with Crippen molar-refractivity contribution in [2.24, 2.45) is 0 Å². The van der Waals surface area contributed by atoms with Crippen LogP contribution in [0.2, 0.25) is 0 Å². The highest BCUT2D eigenvalue weighted by Crippen LogP contribution is 2.06. The largest absolute Gasteiger partial charge is 0.450 e. The molecule has 0 unspecified atom stereocenters. The number of nitrogens with one attached hydrogen (secondary N) is 2. The number of aliphatic hydroxyl groups excluding tert-OH is 1. The first-order valence-corrected chi connectivity index (χ1v) is 8.13. The van der Waals surface area contributed by atoms with Crippen molar-refractivity contribution in [3.63, 3.8) is 0 Å². The van der Waals surface area contributed by atoms with Gasteiger partial charge in [-0.15, -0.1) is 0 Å². The molecule has 0 bridgehead atoms. The molecule has 0 aliphatic rings. The molecule has 0 fully saturated rings. The van der Waals surface area contributed by atoms with Crippen LogP contribution in [0, 0.1) is 23.7 Å². The summed E-state index contributed by atoms with van der Waals surface area (Å²) >= 11 is 0. The third-order valence-corrected chi connectivity index (χ3v) is 3.56. The average molecular weight is 366 g/mol. The lowest BCUT2D eigenvalue weighted by atomic mass is 10.1. The Morgan fingerprint density at radius 1 is 1.11 bits per heavy atom. The fourth-order valence-electron chi connectivity index (χ4n) is 2.10. The van der Waals surface area contributed by atoms with E-state index in [-0.39, 0.29) is 6.61 Å². The summed E-state index contributed by atoms with van der Waals surface area (Å²) in [6, 6.07) is 8.95. The first-order valence-electron chi connectivity index (χ1n) is 8.13. The predicted molar refractivity (Wildman–Crippen MR) is 96.3 cm³/mol. The topological polar surface area (TPSA) is 112 Å². The van der Waals surface area contributed by atoms with Gasteiger partial charge in [0.2, 0.25) is 0 Å². The Balaban J connectivity index is 1.99. The summed E-state index contributed by atoms with van der Waals surface area (Å²) < 4.78 is 5.21. The van der Waals surface area contributed by atoms with Crippen LogP contribution in [0.1, 0.15) is 40.8 Å². The van der Waals surface area contributed by atoms with Crippen molar-refractivity contribution in [3.8, 4) is 23.7 Å². The van der Waals surface area contributed by atoms with E-state index >= 15 is 0 Å². The second-order valence-corrected chi connectivity index (χ2v) is 5.41. The minimum Gasteiger partial charge on any atom is -0.450 e. The number of hydroxylamine groups is 1. The summed E-state index contributed by atoms with van der Waals surface area (Å²) in [5.41, 5.74) is 2.55. The zero-order valence-electron chi connectivity index (χ0n) is 14.6. The van der Waals surface area contributed by atoms with Crippen LogP contribution in [-0.4, -0.2) is 28.2 Å². The molecule has 0 radical (unpaired) electrons. The average Bonchev–Trinajstić information content (AvgIpc) is 3.17. The highest BCUT2D eigenvalue weighted by Gasteiger charge is 2.18. The zero-order chi connectivity index (χ0) is 19.6. The molecule has 0 spiro atoms. The third-order valence-electron chi connectivity index (χ3n) is 3.56. The van der Waals surface area contributed by atoms with Crippen molar-refractivity contribution >= 4 is 11.8 Å². The van der Waals surface area contributed by atoms with Crippen molar-refractivity contribution in [3.05, 3.63) is 59.0 Å². The highest BCUT2D eigenvalue weighted by atomic mass is 16.5. The summed E-state index contributed by atoms with van der Waals surface area (Å²) in [6.07, 6.45) is 0.343. The van der Waals surface area contributed by atoms with Gasteiger partial charge in [-0.05, 0) is 60.6 Å². The number of amides is 2. The van der Waals surface area contributed by atoms with E-state index in [1.165, 1.54) is 5.48 Å². The molecule has 7 nitrogen and oxygen atoms in total. The zero-order valence-corrected chi connectivity index (χ0v) is 14.6. The van der Waals surface area contributed by atoms with Gasteiger partial charge in [-0.1, -0.05) is 12.8 Å². The molecule has 2 rings (SSSR count). The number of carbonyl (C=O) groups is 2. The molecule has 138 valence electrons. The van der Waals surface area contributed by atoms with Crippen molar-refractivity contribution in [2.45, 2.75) is 26.0 Å². The molecule has 0 saturated carbocycles. The van der Waals surface area contributed by atoms with E-state index in [2.05, 4.69) is 29.0 Å². The summed E-state index contributed by atoms with van der Waals surface area (Å²) in [5, 5.41) is 20.1. The van der Waals surface area contributed by atoms with Crippen LogP contribution in [0.3, 0.4) is 0 Å². The standard InChI is InChI=1S/C20H18N2O5/c1-2-18(20(25)22-26)21-19(24)15-9-7-14(8-10-15)5-3-4-6-16-11-12-17(13-23)27-16/h7-12,18,23,26H,2,13H2,1H3,(H,21,24)(H,22,25)/t18-/m1/s1. The van der Waals surface area contributed by atoms with Crippen molar-refractivity contribution in [1.29, 1.82) is 0 Å². The first-order chi connectivity index (χ1) is 13.1. The smallest absolute Gasteiger partial charge is 0.265 e. The van der Waals surface area contributed by atoms with E-state index in [4.69, 9.17) is 14.7 Å².